The number of carbonyl (C=O) groups is 1. The summed E-state index contributed by atoms with van der Waals surface area (Å²) in [4.78, 5) is 13.1. The van der Waals surface area contributed by atoms with Crippen LogP contribution in [0.15, 0.2) is 48.5 Å². The molecule has 1 saturated carbocycles. The molecule has 1 spiro atoms. The summed E-state index contributed by atoms with van der Waals surface area (Å²) in [5.41, 5.74) is 1.80. The molecule has 2 aromatic carbocycles. The Labute approximate surface area is 142 Å². The first kappa shape index (κ1) is 15.4. The van der Waals surface area contributed by atoms with E-state index in [1.807, 2.05) is 42.5 Å². The summed E-state index contributed by atoms with van der Waals surface area (Å²) in [6, 6.07) is 15.6. The van der Waals surface area contributed by atoms with E-state index < -0.39 is 0 Å². The van der Waals surface area contributed by atoms with Crippen LogP contribution in [0.25, 0.3) is 0 Å². The maximum atomic E-state index is 13.1. The third kappa shape index (κ3) is 2.63. The van der Waals surface area contributed by atoms with E-state index in [1.54, 1.807) is 7.11 Å². The summed E-state index contributed by atoms with van der Waals surface area (Å²) in [6.45, 7) is 0. The number of Topliss-reactive ketones (excluding diaryl/α,β-unsaturated/α-hetero) is 1. The summed E-state index contributed by atoms with van der Waals surface area (Å²) < 4.78 is 11.4. The van der Waals surface area contributed by atoms with Crippen LogP contribution in [-0.4, -0.2) is 19.0 Å². The van der Waals surface area contributed by atoms with Gasteiger partial charge < -0.3 is 9.47 Å². The van der Waals surface area contributed by atoms with Crippen molar-refractivity contribution in [3.8, 4) is 11.5 Å². The van der Waals surface area contributed by atoms with Gasteiger partial charge in [0, 0.05) is 18.1 Å². The minimum absolute atomic E-state index is 0.206. The smallest absolute Gasteiger partial charge is 0.169 e. The normalized spacial score (nSPS) is 25.7. The third-order valence-electron chi connectivity index (χ3n) is 5.54. The van der Waals surface area contributed by atoms with Crippen molar-refractivity contribution >= 4 is 5.78 Å². The first-order valence-corrected chi connectivity index (χ1v) is 8.64. The standard InChI is InChI=1S/C21H22O3/c1-23-16-9-11-21(12-10-16)14-15-7-8-18(13-19(15)20(21)22)24-17-5-3-2-4-6-17/h2-8,13,16H,9-12,14H2,1H3. The molecule has 3 nitrogen and oxygen atoms in total. The predicted molar refractivity (Wildman–Crippen MR) is 92.7 cm³/mol. The molecule has 0 saturated heterocycles. The van der Waals surface area contributed by atoms with Crippen LogP contribution in [-0.2, 0) is 11.2 Å². The Morgan fingerprint density at radius 2 is 1.75 bits per heavy atom. The van der Waals surface area contributed by atoms with E-state index in [0.717, 1.165) is 54.7 Å². The fraction of sp³-hybridized carbons (Fsp3) is 0.381. The maximum Gasteiger partial charge on any atom is 0.169 e. The van der Waals surface area contributed by atoms with Crippen molar-refractivity contribution in [1.82, 2.24) is 0 Å². The molecule has 3 heteroatoms. The Bertz CT molecular complexity index is 743. The van der Waals surface area contributed by atoms with Gasteiger partial charge in [-0.15, -0.1) is 0 Å². The van der Waals surface area contributed by atoms with Crippen molar-refractivity contribution < 1.29 is 14.3 Å². The van der Waals surface area contributed by atoms with E-state index in [1.165, 1.54) is 0 Å². The lowest BCUT2D eigenvalue weighted by molar-refractivity contribution is 0.0285. The van der Waals surface area contributed by atoms with Crippen LogP contribution in [0.4, 0.5) is 0 Å². The zero-order valence-corrected chi connectivity index (χ0v) is 14.0. The molecule has 4 rings (SSSR count). The molecule has 1 fully saturated rings. The van der Waals surface area contributed by atoms with Crippen LogP contribution >= 0.6 is 0 Å². The molecular formula is C21H22O3. The van der Waals surface area contributed by atoms with Crippen molar-refractivity contribution in [2.24, 2.45) is 5.41 Å². The van der Waals surface area contributed by atoms with Crippen LogP contribution in [0.5, 0.6) is 11.5 Å². The molecule has 0 heterocycles. The fourth-order valence-electron chi connectivity index (χ4n) is 4.12. The summed E-state index contributed by atoms with van der Waals surface area (Å²) in [5.74, 6) is 1.82. The number of hydrogen-bond acceptors (Lipinski definition) is 3. The largest absolute Gasteiger partial charge is 0.457 e. The quantitative estimate of drug-likeness (QED) is 0.815. The molecule has 0 bridgehead atoms. The Morgan fingerprint density at radius 1 is 1.00 bits per heavy atom. The molecule has 2 aliphatic carbocycles. The number of para-hydroxylation sites is 1. The van der Waals surface area contributed by atoms with Gasteiger partial charge in [-0.3, -0.25) is 4.79 Å². The lowest BCUT2D eigenvalue weighted by Gasteiger charge is -2.35. The molecule has 2 aromatic rings. The van der Waals surface area contributed by atoms with Gasteiger partial charge in [-0.1, -0.05) is 24.3 Å². The Balaban J connectivity index is 1.56. The predicted octanol–water partition coefficient (Wildman–Crippen LogP) is 4.79. The first-order valence-electron chi connectivity index (χ1n) is 8.64. The number of carbonyl (C=O) groups excluding carboxylic acids is 1. The Hall–Kier alpha value is -2.13. The molecule has 124 valence electrons. The number of rotatable bonds is 3. The summed E-state index contributed by atoms with van der Waals surface area (Å²) in [7, 11) is 1.76. The molecule has 0 atom stereocenters. The van der Waals surface area contributed by atoms with Gasteiger partial charge in [0.1, 0.15) is 11.5 Å². The van der Waals surface area contributed by atoms with Gasteiger partial charge in [-0.05, 0) is 61.9 Å². The van der Waals surface area contributed by atoms with Crippen LogP contribution < -0.4 is 4.74 Å². The van der Waals surface area contributed by atoms with Crippen LogP contribution in [0.3, 0.4) is 0 Å². The zero-order valence-electron chi connectivity index (χ0n) is 14.0. The van der Waals surface area contributed by atoms with E-state index in [2.05, 4.69) is 6.07 Å². The topological polar surface area (TPSA) is 35.5 Å². The van der Waals surface area contributed by atoms with Gasteiger partial charge in [0.05, 0.1) is 6.10 Å². The highest BCUT2D eigenvalue weighted by molar-refractivity contribution is 6.05. The van der Waals surface area contributed by atoms with Crippen molar-refractivity contribution in [3.05, 3.63) is 59.7 Å². The molecule has 0 radical (unpaired) electrons. The van der Waals surface area contributed by atoms with Crippen molar-refractivity contribution in [2.45, 2.75) is 38.2 Å². The van der Waals surface area contributed by atoms with Crippen LogP contribution in [0.1, 0.15) is 41.6 Å². The minimum Gasteiger partial charge on any atom is -0.457 e. The Kier molecular flexibility index (Phi) is 3.89. The molecule has 0 N–H and O–H groups in total. The fourth-order valence-corrected chi connectivity index (χ4v) is 4.12. The zero-order chi connectivity index (χ0) is 16.6. The number of hydrogen-bond donors (Lipinski definition) is 0. The van der Waals surface area contributed by atoms with E-state index in [4.69, 9.17) is 9.47 Å². The highest BCUT2D eigenvalue weighted by atomic mass is 16.5. The minimum atomic E-state index is -0.206. The molecule has 24 heavy (non-hydrogen) atoms. The summed E-state index contributed by atoms with van der Waals surface area (Å²) in [5, 5.41) is 0. The average Bonchev–Trinajstić information content (AvgIpc) is 2.89. The van der Waals surface area contributed by atoms with Gasteiger partial charge in [0.15, 0.2) is 5.78 Å². The monoisotopic (exact) mass is 322 g/mol. The SMILES string of the molecule is COC1CCC2(CC1)Cc1ccc(Oc3ccccc3)cc1C2=O. The van der Waals surface area contributed by atoms with Crippen molar-refractivity contribution in [3.63, 3.8) is 0 Å². The second-order valence-corrected chi connectivity index (χ2v) is 6.96. The molecular weight excluding hydrogens is 300 g/mol. The molecule has 2 aliphatic rings. The van der Waals surface area contributed by atoms with Gasteiger partial charge in [0.2, 0.25) is 0 Å². The van der Waals surface area contributed by atoms with E-state index >= 15 is 0 Å². The van der Waals surface area contributed by atoms with Gasteiger partial charge in [0.25, 0.3) is 0 Å². The highest BCUT2D eigenvalue weighted by Gasteiger charge is 2.47. The second-order valence-electron chi connectivity index (χ2n) is 6.96. The third-order valence-corrected chi connectivity index (χ3v) is 5.54. The molecule has 0 unspecified atom stereocenters. The van der Waals surface area contributed by atoms with Crippen LogP contribution in [0.2, 0.25) is 0 Å². The van der Waals surface area contributed by atoms with Gasteiger partial charge >= 0.3 is 0 Å². The first-order chi connectivity index (χ1) is 11.7. The number of fused-ring (bicyclic) bond motifs is 1. The van der Waals surface area contributed by atoms with E-state index in [0.29, 0.717) is 11.9 Å². The van der Waals surface area contributed by atoms with E-state index in [9.17, 15) is 4.79 Å². The highest BCUT2D eigenvalue weighted by Crippen LogP contribution is 2.48. The second kappa shape index (κ2) is 6.06. The number of benzene rings is 2. The van der Waals surface area contributed by atoms with E-state index in [-0.39, 0.29) is 5.41 Å². The van der Waals surface area contributed by atoms with Crippen molar-refractivity contribution in [1.29, 1.82) is 0 Å². The molecule has 0 aromatic heterocycles. The molecule has 0 amide bonds. The number of ether oxygens (including phenoxy) is 2. The van der Waals surface area contributed by atoms with Crippen LogP contribution in [0, 0.1) is 5.41 Å². The summed E-state index contributed by atoms with van der Waals surface area (Å²) in [6.07, 6.45) is 4.97. The van der Waals surface area contributed by atoms with Crippen molar-refractivity contribution in [2.75, 3.05) is 7.11 Å². The molecule has 0 aliphatic heterocycles. The maximum absolute atomic E-state index is 13.1. The summed E-state index contributed by atoms with van der Waals surface area (Å²) >= 11 is 0. The van der Waals surface area contributed by atoms with Gasteiger partial charge in [-0.25, -0.2) is 0 Å². The lowest BCUT2D eigenvalue weighted by Crippen LogP contribution is -2.35. The number of ketones is 1. The van der Waals surface area contributed by atoms with Gasteiger partial charge in [-0.2, -0.15) is 0 Å². The number of methoxy groups -OCH3 is 1. The average molecular weight is 322 g/mol. The Morgan fingerprint density at radius 3 is 2.46 bits per heavy atom. The lowest BCUT2D eigenvalue weighted by atomic mass is 9.70.